The van der Waals surface area contributed by atoms with Crippen molar-refractivity contribution in [3.63, 3.8) is 0 Å². The van der Waals surface area contributed by atoms with Crippen LogP contribution in [0.3, 0.4) is 0 Å². The molecular formula is C6H13NO3. The predicted molar refractivity (Wildman–Crippen MR) is 36.3 cm³/mol. The van der Waals surface area contributed by atoms with Crippen LogP contribution in [0.4, 0.5) is 0 Å². The van der Waals surface area contributed by atoms with Gasteiger partial charge in [-0.3, -0.25) is 4.79 Å². The summed E-state index contributed by atoms with van der Waals surface area (Å²) in [6, 6.07) is 0. The van der Waals surface area contributed by atoms with Gasteiger partial charge in [0.2, 0.25) is 5.91 Å². The van der Waals surface area contributed by atoms with E-state index in [0.29, 0.717) is 0 Å². The van der Waals surface area contributed by atoms with Crippen LogP contribution in [0.5, 0.6) is 0 Å². The molecule has 10 heavy (non-hydrogen) atoms. The number of hydrogen-bond donors (Lipinski definition) is 3. The van der Waals surface area contributed by atoms with Crippen molar-refractivity contribution >= 4 is 5.91 Å². The maximum absolute atomic E-state index is 10.8. The van der Waals surface area contributed by atoms with E-state index in [1.54, 1.807) is 6.92 Å². The fourth-order valence-corrected chi connectivity index (χ4v) is 0.436. The molecule has 1 unspecified atom stereocenters. The zero-order valence-corrected chi connectivity index (χ0v) is 6.00. The molecule has 0 aromatic carbocycles. The predicted octanol–water partition coefficient (Wildman–Crippen LogP) is -1.28. The lowest BCUT2D eigenvalue weighted by molar-refractivity contribution is -0.125. The van der Waals surface area contributed by atoms with E-state index in [0.717, 1.165) is 0 Å². The van der Waals surface area contributed by atoms with Gasteiger partial charge in [0.1, 0.15) is 0 Å². The van der Waals surface area contributed by atoms with Gasteiger partial charge in [0.05, 0.1) is 19.1 Å². The van der Waals surface area contributed by atoms with E-state index >= 15 is 0 Å². The van der Waals surface area contributed by atoms with E-state index in [4.69, 9.17) is 10.2 Å². The minimum Gasteiger partial charge on any atom is -0.396 e. The Morgan fingerprint density at radius 1 is 1.60 bits per heavy atom. The first-order valence-corrected chi connectivity index (χ1v) is 3.21. The zero-order chi connectivity index (χ0) is 7.98. The number of aliphatic hydroxyl groups is 2. The summed E-state index contributed by atoms with van der Waals surface area (Å²) in [5.74, 6) is -0.608. The third-order valence-corrected chi connectivity index (χ3v) is 1.13. The van der Waals surface area contributed by atoms with Crippen molar-refractivity contribution in [2.75, 3.05) is 19.8 Å². The van der Waals surface area contributed by atoms with Crippen LogP contribution in [0, 0.1) is 5.92 Å². The molecule has 0 rings (SSSR count). The Hall–Kier alpha value is -0.610. The van der Waals surface area contributed by atoms with Crippen molar-refractivity contribution in [3.05, 3.63) is 0 Å². The summed E-state index contributed by atoms with van der Waals surface area (Å²) in [5, 5.41) is 19.2. The fraction of sp³-hybridized carbons (Fsp3) is 0.833. The number of nitrogens with one attached hydrogen (secondary N) is 1. The summed E-state index contributed by atoms with van der Waals surface area (Å²) in [7, 11) is 0. The summed E-state index contributed by atoms with van der Waals surface area (Å²) in [5.41, 5.74) is 0. The summed E-state index contributed by atoms with van der Waals surface area (Å²) in [6.07, 6.45) is 0. The number of amides is 1. The minimum atomic E-state index is -0.383. The number of carbonyl (C=O) groups excluding carboxylic acids is 1. The number of hydrogen-bond acceptors (Lipinski definition) is 3. The lowest BCUT2D eigenvalue weighted by Crippen LogP contribution is -2.32. The molecule has 0 aromatic rings. The molecule has 0 saturated heterocycles. The molecule has 1 amide bonds. The number of aliphatic hydroxyl groups excluding tert-OH is 2. The standard InChI is InChI=1S/C6H13NO3/c1-5(4-9)6(10)7-2-3-8/h5,8-9H,2-4H2,1H3,(H,7,10). The Labute approximate surface area is 59.9 Å². The molecule has 0 aliphatic heterocycles. The second kappa shape index (κ2) is 5.20. The normalized spacial score (nSPS) is 12.7. The van der Waals surface area contributed by atoms with Gasteiger partial charge < -0.3 is 15.5 Å². The third kappa shape index (κ3) is 3.42. The largest absolute Gasteiger partial charge is 0.396 e. The quantitative estimate of drug-likeness (QED) is 0.464. The Bertz CT molecular complexity index is 105. The highest BCUT2D eigenvalue weighted by molar-refractivity contribution is 5.78. The average molecular weight is 147 g/mol. The molecule has 0 radical (unpaired) electrons. The highest BCUT2D eigenvalue weighted by Crippen LogP contribution is 1.90. The molecule has 4 heteroatoms. The molecule has 0 heterocycles. The van der Waals surface area contributed by atoms with Crippen molar-refractivity contribution < 1.29 is 15.0 Å². The Balaban J connectivity index is 3.42. The average Bonchev–Trinajstić information content (AvgIpc) is 1.98. The van der Waals surface area contributed by atoms with E-state index in [1.807, 2.05) is 0 Å². The van der Waals surface area contributed by atoms with Crippen molar-refractivity contribution in [3.8, 4) is 0 Å². The smallest absolute Gasteiger partial charge is 0.225 e. The molecule has 0 saturated carbocycles. The van der Waals surface area contributed by atoms with Gasteiger partial charge in [0.25, 0.3) is 0 Å². The second-order valence-electron chi connectivity index (χ2n) is 2.10. The highest BCUT2D eigenvalue weighted by atomic mass is 16.3. The lowest BCUT2D eigenvalue weighted by atomic mass is 10.2. The Kier molecular flexibility index (Phi) is 4.88. The van der Waals surface area contributed by atoms with Gasteiger partial charge in [0, 0.05) is 6.54 Å². The lowest BCUT2D eigenvalue weighted by Gasteiger charge is -2.06. The Morgan fingerprint density at radius 3 is 2.60 bits per heavy atom. The van der Waals surface area contributed by atoms with Crippen molar-refractivity contribution in [2.24, 2.45) is 5.92 Å². The molecule has 3 N–H and O–H groups in total. The SMILES string of the molecule is CC(CO)C(=O)NCCO. The first-order valence-electron chi connectivity index (χ1n) is 3.21. The van der Waals surface area contributed by atoms with Crippen molar-refractivity contribution in [2.45, 2.75) is 6.92 Å². The van der Waals surface area contributed by atoms with Gasteiger partial charge >= 0.3 is 0 Å². The molecule has 0 aliphatic carbocycles. The van der Waals surface area contributed by atoms with Gasteiger partial charge in [-0.15, -0.1) is 0 Å². The fourth-order valence-electron chi connectivity index (χ4n) is 0.436. The van der Waals surface area contributed by atoms with E-state index in [-0.39, 0.29) is 31.6 Å². The third-order valence-electron chi connectivity index (χ3n) is 1.13. The van der Waals surface area contributed by atoms with Crippen LogP contribution in [0.2, 0.25) is 0 Å². The van der Waals surface area contributed by atoms with Crippen LogP contribution < -0.4 is 5.32 Å². The maximum Gasteiger partial charge on any atom is 0.225 e. The molecule has 60 valence electrons. The van der Waals surface area contributed by atoms with Crippen LogP contribution in [-0.2, 0) is 4.79 Å². The maximum atomic E-state index is 10.8. The second-order valence-corrected chi connectivity index (χ2v) is 2.10. The minimum absolute atomic E-state index is 0.0656. The molecule has 1 atom stereocenters. The van der Waals surface area contributed by atoms with E-state index in [1.165, 1.54) is 0 Å². The van der Waals surface area contributed by atoms with Gasteiger partial charge in [-0.1, -0.05) is 6.92 Å². The van der Waals surface area contributed by atoms with Gasteiger partial charge in [-0.05, 0) is 0 Å². The summed E-state index contributed by atoms with van der Waals surface area (Å²) in [4.78, 5) is 10.8. The van der Waals surface area contributed by atoms with Crippen LogP contribution >= 0.6 is 0 Å². The zero-order valence-electron chi connectivity index (χ0n) is 6.00. The van der Waals surface area contributed by atoms with Crippen molar-refractivity contribution in [1.82, 2.24) is 5.32 Å². The van der Waals surface area contributed by atoms with Crippen LogP contribution in [0.15, 0.2) is 0 Å². The molecule has 0 spiro atoms. The molecule has 0 bridgehead atoms. The molecular weight excluding hydrogens is 134 g/mol. The van der Waals surface area contributed by atoms with E-state index in [9.17, 15) is 4.79 Å². The summed E-state index contributed by atoms with van der Waals surface area (Å²) < 4.78 is 0. The summed E-state index contributed by atoms with van der Waals surface area (Å²) in [6.45, 7) is 1.65. The molecule has 4 nitrogen and oxygen atoms in total. The van der Waals surface area contributed by atoms with Crippen LogP contribution in [-0.4, -0.2) is 35.9 Å². The first-order chi connectivity index (χ1) is 4.72. The first kappa shape index (κ1) is 9.39. The molecule has 0 aromatic heterocycles. The Morgan fingerprint density at radius 2 is 2.20 bits per heavy atom. The van der Waals surface area contributed by atoms with E-state index < -0.39 is 0 Å². The topological polar surface area (TPSA) is 69.6 Å². The van der Waals surface area contributed by atoms with Gasteiger partial charge in [-0.2, -0.15) is 0 Å². The van der Waals surface area contributed by atoms with E-state index in [2.05, 4.69) is 5.32 Å². The molecule has 0 fully saturated rings. The van der Waals surface area contributed by atoms with Crippen LogP contribution in [0.25, 0.3) is 0 Å². The molecule has 0 aliphatic rings. The van der Waals surface area contributed by atoms with Gasteiger partial charge in [0.15, 0.2) is 0 Å². The monoisotopic (exact) mass is 147 g/mol. The number of rotatable bonds is 4. The van der Waals surface area contributed by atoms with Gasteiger partial charge in [-0.25, -0.2) is 0 Å². The van der Waals surface area contributed by atoms with Crippen molar-refractivity contribution in [1.29, 1.82) is 0 Å². The summed E-state index contributed by atoms with van der Waals surface area (Å²) >= 11 is 0. The highest BCUT2D eigenvalue weighted by Gasteiger charge is 2.09. The number of carbonyl (C=O) groups is 1. The van der Waals surface area contributed by atoms with Crippen LogP contribution in [0.1, 0.15) is 6.92 Å².